The van der Waals surface area contributed by atoms with Crippen molar-refractivity contribution in [1.29, 1.82) is 0 Å². The molecule has 1 saturated heterocycles. The van der Waals surface area contributed by atoms with Crippen LogP contribution in [0, 0.1) is 12.7 Å². The molecule has 1 aliphatic heterocycles. The summed E-state index contributed by atoms with van der Waals surface area (Å²) < 4.78 is 16.0. The highest BCUT2D eigenvalue weighted by Crippen LogP contribution is 2.30. The number of likely N-dealkylation sites (N-methyl/N-ethyl adjacent to an activating group) is 1. The van der Waals surface area contributed by atoms with Gasteiger partial charge < -0.3 is 20.0 Å². The van der Waals surface area contributed by atoms with Gasteiger partial charge in [-0.2, -0.15) is 5.10 Å². The number of hydrogen-bond donors (Lipinski definition) is 1. The standard InChI is InChI=1S/C27H41FN6O/c1-4-14-33(27(35)29-23-11-7-6-8-12-23)20-25-21(3)30-34(24-13-9-10-22(28)19-24)26(25)32-17-15-31(5-2)16-18-32/h9-10,13,19,23H,4-8,11-12,14-18,20H2,1-3H3,(H,29,35). The van der Waals surface area contributed by atoms with Crippen LogP contribution in [0.15, 0.2) is 24.3 Å². The number of anilines is 1. The number of nitrogens with zero attached hydrogens (tertiary/aromatic N) is 5. The molecule has 0 unspecified atom stereocenters. The van der Waals surface area contributed by atoms with E-state index in [9.17, 15) is 9.18 Å². The third-order valence-electron chi connectivity index (χ3n) is 7.39. The Hall–Kier alpha value is -2.61. The Morgan fingerprint density at radius 3 is 2.54 bits per heavy atom. The van der Waals surface area contributed by atoms with Crippen molar-refractivity contribution >= 4 is 11.8 Å². The molecule has 8 heteroatoms. The lowest BCUT2D eigenvalue weighted by molar-refractivity contribution is 0.187. The van der Waals surface area contributed by atoms with Crippen LogP contribution in [-0.4, -0.2) is 70.9 Å². The van der Waals surface area contributed by atoms with Gasteiger partial charge in [-0.3, -0.25) is 0 Å². The van der Waals surface area contributed by atoms with Gasteiger partial charge in [0.05, 0.1) is 17.9 Å². The van der Waals surface area contributed by atoms with E-state index in [4.69, 9.17) is 5.10 Å². The minimum Gasteiger partial charge on any atom is -0.354 e. The second kappa shape index (κ2) is 11.9. The summed E-state index contributed by atoms with van der Waals surface area (Å²) >= 11 is 0. The number of amides is 2. The molecule has 4 rings (SSSR count). The van der Waals surface area contributed by atoms with Crippen molar-refractivity contribution in [3.05, 3.63) is 41.3 Å². The summed E-state index contributed by atoms with van der Waals surface area (Å²) in [7, 11) is 0. The van der Waals surface area contributed by atoms with Crippen LogP contribution in [-0.2, 0) is 6.54 Å². The minimum absolute atomic E-state index is 0.0124. The molecule has 2 fully saturated rings. The predicted octanol–water partition coefficient (Wildman–Crippen LogP) is 4.72. The number of halogens is 1. The van der Waals surface area contributed by atoms with Gasteiger partial charge in [0, 0.05) is 44.3 Å². The number of benzene rings is 1. The van der Waals surface area contributed by atoms with E-state index in [2.05, 4.69) is 29.0 Å². The molecule has 0 atom stereocenters. The van der Waals surface area contributed by atoms with Crippen LogP contribution >= 0.6 is 0 Å². The molecule has 1 aromatic heterocycles. The number of aryl methyl sites for hydroxylation is 1. The van der Waals surface area contributed by atoms with Gasteiger partial charge in [0.1, 0.15) is 11.6 Å². The summed E-state index contributed by atoms with van der Waals surface area (Å²) in [6.07, 6.45) is 6.65. The first-order valence-electron chi connectivity index (χ1n) is 13.4. The zero-order valence-electron chi connectivity index (χ0n) is 21.6. The molecule has 0 bridgehead atoms. The van der Waals surface area contributed by atoms with Gasteiger partial charge in [-0.25, -0.2) is 13.9 Å². The molecule has 1 aromatic carbocycles. The third kappa shape index (κ3) is 6.15. The van der Waals surface area contributed by atoms with Gasteiger partial charge >= 0.3 is 6.03 Å². The number of piperazine rings is 1. The first kappa shape index (κ1) is 25.5. The van der Waals surface area contributed by atoms with Crippen LogP contribution in [0.25, 0.3) is 5.69 Å². The molecule has 0 spiro atoms. The van der Waals surface area contributed by atoms with Crippen LogP contribution in [0.3, 0.4) is 0 Å². The SMILES string of the molecule is CCCN(Cc1c(C)nn(-c2cccc(F)c2)c1N1CCN(CC)CC1)C(=O)NC1CCCCC1. The monoisotopic (exact) mass is 484 g/mol. The van der Waals surface area contributed by atoms with Crippen molar-refractivity contribution in [2.75, 3.05) is 44.2 Å². The Kier molecular flexibility index (Phi) is 8.65. The van der Waals surface area contributed by atoms with Crippen molar-refractivity contribution < 1.29 is 9.18 Å². The molecule has 2 aromatic rings. The maximum absolute atomic E-state index is 14.1. The van der Waals surface area contributed by atoms with E-state index >= 15 is 0 Å². The van der Waals surface area contributed by atoms with E-state index in [0.717, 1.165) is 69.1 Å². The molecule has 2 aliphatic rings. The highest BCUT2D eigenvalue weighted by atomic mass is 19.1. The van der Waals surface area contributed by atoms with E-state index in [0.29, 0.717) is 18.8 Å². The van der Waals surface area contributed by atoms with Crippen molar-refractivity contribution in [3.8, 4) is 5.69 Å². The maximum atomic E-state index is 14.1. The molecule has 1 aliphatic carbocycles. The van der Waals surface area contributed by atoms with Crippen LogP contribution < -0.4 is 10.2 Å². The van der Waals surface area contributed by atoms with Gasteiger partial charge in [-0.1, -0.05) is 39.2 Å². The molecule has 1 N–H and O–H groups in total. The summed E-state index contributed by atoms with van der Waals surface area (Å²) in [5, 5.41) is 8.15. The number of rotatable bonds is 8. The van der Waals surface area contributed by atoms with Gasteiger partial charge in [0.25, 0.3) is 0 Å². The fraction of sp³-hybridized carbons (Fsp3) is 0.630. The molecule has 2 amide bonds. The highest BCUT2D eigenvalue weighted by Gasteiger charge is 2.28. The van der Waals surface area contributed by atoms with Crippen molar-refractivity contribution in [2.45, 2.75) is 71.9 Å². The van der Waals surface area contributed by atoms with Crippen molar-refractivity contribution in [2.24, 2.45) is 0 Å². The molecule has 1 saturated carbocycles. The Balaban J connectivity index is 1.64. The van der Waals surface area contributed by atoms with Crippen LogP contribution in [0.1, 0.15) is 63.6 Å². The number of nitrogens with one attached hydrogen (secondary N) is 1. The Labute approximate surface area is 209 Å². The maximum Gasteiger partial charge on any atom is 0.317 e. The van der Waals surface area contributed by atoms with Gasteiger partial charge in [-0.15, -0.1) is 0 Å². The normalized spacial score (nSPS) is 17.5. The summed E-state index contributed by atoms with van der Waals surface area (Å²) in [5.74, 6) is 0.703. The topological polar surface area (TPSA) is 56.6 Å². The van der Waals surface area contributed by atoms with Gasteiger partial charge in [0.15, 0.2) is 0 Å². The van der Waals surface area contributed by atoms with E-state index < -0.39 is 0 Å². The highest BCUT2D eigenvalue weighted by molar-refractivity contribution is 5.75. The van der Waals surface area contributed by atoms with E-state index in [1.165, 1.54) is 31.4 Å². The Morgan fingerprint density at radius 2 is 1.89 bits per heavy atom. The lowest BCUT2D eigenvalue weighted by Gasteiger charge is -2.36. The zero-order valence-corrected chi connectivity index (χ0v) is 21.6. The first-order chi connectivity index (χ1) is 17.0. The van der Waals surface area contributed by atoms with Crippen LogP contribution in [0.5, 0.6) is 0 Å². The van der Waals surface area contributed by atoms with E-state index in [1.807, 2.05) is 22.6 Å². The largest absolute Gasteiger partial charge is 0.354 e. The number of carbonyl (C=O) groups is 1. The van der Waals surface area contributed by atoms with Gasteiger partial charge in [0.2, 0.25) is 0 Å². The molecular formula is C27H41FN6O. The molecule has 2 heterocycles. The molecule has 0 radical (unpaired) electrons. The van der Waals surface area contributed by atoms with Crippen LogP contribution in [0.4, 0.5) is 15.0 Å². The fourth-order valence-electron chi connectivity index (χ4n) is 5.35. The van der Waals surface area contributed by atoms with E-state index in [-0.39, 0.29) is 17.9 Å². The predicted molar refractivity (Wildman–Crippen MR) is 139 cm³/mol. The van der Waals surface area contributed by atoms with Crippen LogP contribution in [0.2, 0.25) is 0 Å². The average molecular weight is 485 g/mol. The fourth-order valence-corrected chi connectivity index (χ4v) is 5.35. The number of hydrogen-bond acceptors (Lipinski definition) is 4. The Bertz CT molecular complexity index is 978. The quantitative estimate of drug-likeness (QED) is 0.589. The summed E-state index contributed by atoms with van der Waals surface area (Å²) in [5.41, 5.74) is 2.64. The van der Waals surface area contributed by atoms with E-state index in [1.54, 1.807) is 6.07 Å². The molecule has 35 heavy (non-hydrogen) atoms. The molecule has 7 nitrogen and oxygen atoms in total. The lowest BCUT2D eigenvalue weighted by Crippen LogP contribution is -2.48. The third-order valence-corrected chi connectivity index (χ3v) is 7.39. The summed E-state index contributed by atoms with van der Waals surface area (Å²) in [6, 6.07) is 6.89. The van der Waals surface area contributed by atoms with Gasteiger partial charge in [-0.05, 0) is 50.9 Å². The summed E-state index contributed by atoms with van der Waals surface area (Å²) in [6.45, 7) is 12.2. The second-order valence-corrected chi connectivity index (χ2v) is 9.91. The smallest absolute Gasteiger partial charge is 0.317 e. The lowest BCUT2D eigenvalue weighted by atomic mass is 9.96. The van der Waals surface area contributed by atoms with Crippen molar-refractivity contribution in [1.82, 2.24) is 24.9 Å². The molecule has 192 valence electrons. The van der Waals surface area contributed by atoms with Crippen molar-refractivity contribution in [3.63, 3.8) is 0 Å². The minimum atomic E-state index is -0.279. The second-order valence-electron chi connectivity index (χ2n) is 9.91. The molecular weight excluding hydrogens is 443 g/mol. The number of urea groups is 1. The first-order valence-corrected chi connectivity index (χ1v) is 13.4. The Morgan fingerprint density at radius 1 is 1.14 bits per heavy atom. The summed E-state index contributed by atoms with van der Waals surface area (Å²) in [4.78, 5) is 20.1. The average Bonchev–Trinajstić information content (AvgIpc) is 3.20. The zero-order chi connectivity index (χ0) is 24.8. The number of aromatic nitrogens is 2. The number of carbonyl (C=O) groups excluding carboxylic acids is 1.